The normalized spacial score (nSPS) is 16.8. The molecule has 59 heavy (non-hydrogen) atoms. The van der Waals surface area contributed by atoms with Gasteiger partial charge in [0, 0.05) is 38.0 Å². The van der Waals surface area contributed by atoms with Gasteiger partial charge in [-0.05, 0) is 40.0 Å². The van der Waals surface area contributed by atoms with Crippen molar-refractivity contribution in [2.24, 2.45) is 5.16 Å². The second kappa shape index (κ2) is 18.1. The molecule has 3 heterocycles. The molecule has 0 spiro atoms. The van der Waals surface area contributed by atoms with Crippen molar-refractivity contribution in [2.45, 2.75) is 43.2 Å². The molecule has 2 aliphatic heterocycles. The molecule has 15 heteroatoms. The van der Waals surface area contributed by atoms with Crippen LogP contribution < -0.4 is 15.4 Å². The monoisotopic (exact) mass is 851 g/mol. The number of halogens is 1. The van der Waals surface area contributed by atoms with Gasteiger partial charge in [0.2, 0.25) is 5.79 Å². The fourth-order valence-corrected chi connectivity index (χ4v) is 9.13. The topological polar surface area (TPSA) is 141 Å². The van der Waals surface area contributed by atoms with Crippen molar-refractivity contribution in [3.63, 3.8) is 0 Å². The summed E-state index contributed by atoms with van der Waals surface area (Å²) < 4.78 is 16.3. The number of hydrogen-bond acceptors (Lipinski definition) is 12. The molecule has 2 aliphatic rings. The number of carbonyl (C=O) groups excluding carboxylic acids is 3. The molecule has 1 fully saturated rings. The Balaban J connectivity index is 1.15. The number of rotatable bonds is 16. The Hall–Kier alpha value is -5.67. The van der Waals surface area contributed by atoms with E-state index < -0.39 is 40.5 Å². The third-order valence-electron chi connectivity index (χ3n) is 9.94. The zero-order valence-electron chi connectivity index (χ0n) is 32.7. The Morgan fingerprint density at radius 3 is 2.03 bits per heavy atom. The Bertz CT molecular complexity index is 2240. The van der Waals surface area contributed by atoms with Crippen LogP contribution in [0.2, 0.25) is 0 Å². The molecule has 2 amide bonds. The number of hydrogen-bond donors (Lipinski definition) is 2. The van der Waals surface area contributed by atoms with E-state index in [0.29, 0.717) is 22.2 Å². The van der Waals surface area contributed by atoms with Crippen LogP contribution in [0.3, 0.4) is 0 Å². The number of anilines is 1. The summed E-state index contributed by atoms with van der Waals surface area (Å²) in [7, 11) is 3.03. The predicted octanol–water partition coefficient (Wildman–Crippen LogP) is 7.30. The van der Waals surface area contributed by atoms with Crippen molar-refractivity contribution in [1.82, 2.24) is 15.2 Å². The maximum absolute atomic E-state index is 14.2. The molecule has 0 saturated carbocycles. The third-order valence-corrected chi connectivity index (χ3v) is 12.4. The first-order valence-corrected chi connectivity index (χ1v) is 21.1. The number of aromatic nitrogens is 1. The van der Waals surface area contributed by atoms with Gasteiger partial charge >= 0.3 is 5.97 Å². The van der Waals surface area contributed by atoms with Crippen molar-refractivity contribution in [3.8, 4) is 5.75 Å². The van der Waals surface area contributed by atoms with Gasteiger partial charge < -0.3 is 29.7 Å². The maximum Gasteiger partial charge on any atom is 0.355 e. The van der Waals surface area contributed by atoms with E-state index >= 15 is 0 Å². The summed E-state index contributed by atoms with van der Waals surface area (Å²) in [6.45, 7) is 3.28. The Kier molecular flexibility index (Phi) is 12.7. The van der Waals surface area contributed by atoms with Crippen molar-refractivity contribution in [1.29, 1.82) is 0 Å². The maximum atomic E-state index is 14.2. The smallest absolute Gasteiger partial charge is 0.355 e. The standard InChI is InChI=1S/C44H42ClN5O7S2/c1-43(2,55-4)57-49-35(34-27-59-42(46-34)48-44(30-14-8-5-9-15-30,31-16-10-6-11-17-31)32-18-12-7-13-19-32)38(51)47-36-39(52)50-37(29(24-45)26-58-40(36)50)41(53)56-25-28-20-22-33(54-3)23-21-28/h5-23,27,36,40H,24-26H2,1-4H3,(H,46,48)(H,47,51)/b49-35-/t36-,40+/m1/s1. The van der Waals surface area contributed by atoms with E-state index in [4.69, 9.17) is 35.6 Å². The van der Waals surface area contributed by atoms with E-state index in [-0.39, 0.29) is 29.6 Å². The summed E-state index contributed by atoms with van der Waals surface area (Å²) in [6, 6.07) is 36.3. The number of nitrogens with one attached hydrogen (secondary N) is 2. The van der Waals surface area contributed by atoms with Gasteiger partial charge in [-0.25, -0.2) is 9.78 Å². The van der Waals surface area contributed by atoms with Gasteiger partial charge in [0.15, 0.2) is 10.8 Å². The van der Waals surface area contributed by atoms with Crippen LogP contribution in [0.4, 0.5) is 5.13 Å². The van der Waals surface area contributed by atoms with Crippen LogP contribution >= 0.6 is 34.7 Å². The lowest BCUT2D eigenvalue weighted by Crippen LogP contribution is -2.71. The minimum Gasteiger partial charge on any atom is -0.497 e. The average molecular weight is 852 g/mol. The molecule has 0 bridgehead atoms. The number of esters is 1. The van der Waals surface area contributed by atoms with Gasteiger partial charge in [-0.3, -0.25) is 14.5 Å². The number of oxime groups is 1. The van der Waals surface area contributed by atoms with Crippen LogP contribution in [-0.2, 0) is 40.8 Å². The number of benzene rings is 4. The first kappa shape index (κ1) is 41.5. The minimum atomic E-state index is -1.20. The van der Waals surface area contributed by atoms with Crippen LogP contribution in [0.1, 0.15) is 41.8 Å². The van der Waals surface area contributed by atoms with Crippen LogP contribution in [-0.4, -0.2) is 76.4 Å². The SMILES string of the molecule is COc1ccc(COC(=O)C2=C(CCl)CS[C@H]3[C@H](NC(=O)/C(=N\OC(C)(C)OC)c4csc(NC(c5ccccc5)(c5ccccc5)c5ccccc5)n4)C(=O)N23)cc1. The fourth-order valence-electron chi connectivity index (χ4n) is 6.70. The van der Waals surface area contributed by atoms with Crippen molar-refractivity contribution in [2.75, 3.05) is 31.2 Å². The van der Waals surface area contributed by atoms with E-state index in [0.717, 1.165) is 22.3 Å². The molecule has 7 rings (SSSR count). The molecule has 2 atom stereocenters. The van der Waals surface area contributed by atoms with Gasteiger partial charge in [0.05, 0.1) is 7.11 Å². The molecule has 0 radical (unpaired) electrons. The Labute approximate surface area is 355 Å². The number of nitrogens with zero attached hydrogens (tertiary/aromatic N) is 3. The lowest BCUT2D eigenvalue weighted by Gasteiger charge is -2.49. The summed E-state index contributed by atoms with van der Waals surface area (Å²) in [5.74, 6) is -2.03. The highest BCUT2D eigenvalue weighted by Gasteiger charge is 2.54. The molecule has 304 valence electrons. The number of thiazole rings is 1. The number of carbonyl (C=O) groups is 3. The first-order chi connectivity index (χ1) is 28.6. The van der Waals surface area contributed by atoms with Crippen molar-refractivity contribution < 1.29 is 33.4 Å². The molecule has 1 saturated heterocycles. The lowest BCUT2D eigenvalue weighted by atomic mass is 9.77. The minimum absolute atomic E-state index is 0.0206. The van der Waals surface area contributed by atoms with Crippen LogP contribution in [0, 0.1) is 0 Å². The summed E-state index contributed by atoms with van der Waals surface area (Å²) in [5.41, 5.74) is 3.45. The lowest BCUT2D eigenvalue weighted by molar-refractivity contribution is -0.197. The molecule has 1 aromatic heterocycles. The van der Waals surface area contributed by atoms with Gasteiger partial charge in [-0.2, -0.15) is 0 Å². The van der Waals surface area contributed by atoms with Crippen molar-refractivity contribution >= 4 is 63.3 Å². The van der Waals surface area contributed by atoms with E-state index in [1.807, 2.05) is 54.6 Å². The van der Waals surface area contributed by atoms with Gasteiger partial charge in [-0.1, -0.05) is 108 Å². The van der Waals surface area contributed by atoms with E-state index in [9.17, 15) is 14.4 Å². The summed E-state index contributed by atoms with van der Waals surface area (Å²) >= 11 is 8.94. The zero-order valence-corrected chi connectivity index (χ0v) is 35.1. The summed E-state index contributed by atoms with van der Waals surface area (Å²) in [4.78, 5) is 53.5. The number of thioether (sulfide) groups is 1. The molecular formula is C44H42ClN5O7S2. The average Bonchev–Trinajstić information content (AvgIpc) is 3.74. The summed E-state index contributed by atoms with van der Waals surface area (Å²) in [5, 5.41) is 12.4. The highest BCUT2D eigenvalue weighted by atomic mass is 35.5. The molecule has 5 aromatic rings. The fraction of sp³-hybridized carbons (Fsp3) is 0.250. The number of amides is 2. The highest BCUT2D eigenvalue weighted by Crippen LogP contribution is 2.42. The number of methoxy groups -OCH3 is 2. The predicted molar refractivity (Wildman–Crippen MR) is 229 cm³/mol. The van der Waals surface area contributed by atoms with Gasteiger partial charge in [-0.15, -0.1) is 34.7 Å². The first-order valence-electron chi connectivity index (χ1n) is 18.6. The van der Waals surface area contributed by atoms with E-state index in [2.05, 4.69) is 52.2 Å². The molecule has 0 unspecified atom stereocenters. The Morgan fingerprint density at radius 1 is 0.898 bits per heavy atom. The number of β-lactam (4-membered cyclic amide) rings is 1. The van der Waals surface area contributed by atoms with Gasteiger partial charge in [0.1, 0.15) is 40.7 Å². The van der Waals surface area contributed by atoms with Gasteiger partial charge in [0.25, 0.3) is 11.8 Å². The second-order valence-electron chi connectivity index (χ2n) is 14.0. The largest absolute Gasteiger partial charge is 0.497 e. The van der Waals surface area contributed by atoms with Crippen LogP contribution in [0.5, 0.6) is 5.75 Å². The van der Waals surface area contributed by atoms with Crippen molar-refractivity contribution in [3.05, 3.63) is 160 Å². The Morgan fingerprint density at radius 2 is 1.49 bits per heavy atom. The van der Waals surface area contributed by atoms with Crippen LogP contribution in [0.25, 0.3) is 0 Å². The number of alkyl halides is 1. The zero-order chi connectivity index (χ0) is 41.6. The second-order valence-corrected chi connectivity index (χ2v) is 16.2. The van der Waals surface area contributed by atoms with E-state index in [1.165, 1.54) is 35.1 Å². The molecule has 0 aliphatic carbocycles. The molecular weight excluding hydrogens is 810 g/mol. The molecule has 12 nitrogen and oxygen atoms in total. The number of ether oxygens (including phenoxy) is 3. The number of fused-ring (bicyclic) bond motifs is 1. The van der Waals surface area contributed by atoms with E-state index in [1.54, 1.807) is 50.6 Å². The molecule has 2 N–H and O–H groups in total. The highest BCUT2D eigenvalue weighted by molar-refractivity contribution is 8.00. The third kappa shape index (κ3) is 8.71. The molecule has 4 aromatic carbocycles. The van der Waals surface area contributed by atoms with Crippen LogP contribution in [0.15, 0.2) is 137 Å². The summed E-state index contributed by atoms with van der Waals surface area (Å²) in [6.07, 6.45) is 0. The quantitative estimate of drug-likeness (QED) is 0.0198.